The summed E-state index contributed by atoms with van der Waals surface area (Å²) in [5.41, 5.74) is 2.80. The van der Waals surface area contributed by atoms with Gasteiger partial charge < -0.3 is 4.74 Å². The van der Waals surface area contributed by atoms with Crippen molar-refractivity contribution in [2.45, 2.75) is 37.6 Å². The van der Waals surface area contributed by atoms with Crippen molar-refractivity contribution in [3.8, 4) is 0 Å². The number of benzene rings is 2. The first-order chi connectivity index (χ1) is 10.4. The van der Waals surface area contributed by atoms with E-state index in [1.54, 1.807) is 0 Å². The third-order valence-electron chi connectivity index (χ3n) is 4.80. The van der Waals surface area contributed by atoms with Crippen molar-refractivity contribution in [2.24, 2.45) is 0 Å². The van der Waals surface area contributed by atoms with Crippen LogP contribution >= 0.6 is 0 Å². The van der Waals surface area contributed by atoms with E-state index in [9.17, 15) is 0 Å². The van der Waals surface area contributed by atoms with Gasteiger partial charge in [-0.25, -0.2) is 0 Å². The van der Waals surface area contributed by atoms with Gasteiger partial charge in [0.1, 0.15) is 6.23 Å². The van der Waals surface area contributed by atoms with Crippen LogP contribution in [-0.2, 0) is 4.74 Å². The Morgan fingerprint density at radius 3 is 2.05 bits per heavy atom. The molecular formula is C19H21NO. The Labute approximate surface area is 126 Å². The van der Waals surface area contributed by atoms with Gasteiger partial charge in [0.15, 0.2) is 0 Å². The Morgan fingerprint density at radius 2 is 1.38 bits per heavy atom. The second-order valence-electron chi connectivity index (χ2n) is 6.02. The number of ether oxygens (including phenoxy) is 1. The fourth-order valence-corrected chi connectivity index (χ4v) is 3.82. The molecular weight excluding hydrogens is 258 g/mol. The maximum Gasteiger partial charge on any atom is 0.111 e. The highest BCUT2D eigenvalue weighted by atomic mass is 16.5. The highest BCUT2D eigenvalue weighted by molar-refractivity contribution is 5.24. The smallest absolute Gasteiger partial charge is 0.111 e. The first-order valence-corrected chi connectivity index (χ1v) is 7.92. The van der Waals surface area contributed by atoms with Gasteiger partial charge in [-0.1, -0.05) is 60.7 Å². The van der Waals surface area contributed by atoms with Gasteiger partial charge in [0.05, 0.1) is 12.6 Å². The molecule has 3 atom stereocenters. The van der Waals surface area contributed by atoms with Gasteiger partial charge in [-0.3, -0.25) is 4.90 Å². The van der Waals surface area contributed by atoms with Gasteiger partial charge in [-0.05, 0) is 30.4 Å². The van der Waals surface area contributed by atoms with E-state index in [2.05, 4.69) is 65.6 Å². The Hall–Kier alpha value is -1.64. The molecule has 108 valence electrons. The minimum absolute atomic E-state index is 0.286. The van der Waals surface area contributed by atoms with Gasteiger partial charge in [-0.2, -0.15) is 0 Å². The highest BCUT2D eigenvalue weighted by Gasteiger charge is 2.42. The quantitative estimate of drug-likeness (QED) is 0.812. The van der Waals surface area contributed by atoms with E-state index in [1.165, 1.54) is 24.0 Å². The van der Waals surface area contributed by atoms with Crippen molar-refractivity contribution in [1.82, 2.24) is 4.90 Å². The van der Waals surface area contributed by atoms with E-state index < -0.39 is 0 Å². The molecule has 0 radical (unpaired) electrons. The molecule has 0 saturated carbocycles. The number of fused-ring (bicyclic) bond motifs is 1. The molecule has 0 aromatic heterocycles. The van der Waals surface area contributed by atoms with Crippen LogP contribution in [0.4, 0.5) is 0 Å². The Bertz CT molecular complexity index is 583. The van der Waals surface area contributed by atoms with E-state index in [0.717, 1.165) is 13.0 Å². The zero-order valence-electron chi connectivity index (χ0n) is 12.2. The van der Waals surface area contributed by atoms with Crippen LogP contribution in [0.1, 0.15) is 42.5 Å². The third-order valence-corrected chi connectivity index (χ3v) is 4.80. The summed E-state index contributed by atoms with van der Waals surface area (Å²) in [6.45, 7) is 0.817. The van der Waals surface area contributed by atoms with Crippen molar-refractivity contribution >= 4 is 0 Å². The van der Waals surface area contributed by atoms with Crippen LogP contribution in [0.15, 0.2) is 60.7 Å². The summed E-state index contributed by atoms with van der Waals surface area (Å²) in [6.07, 6.45) is 3.93. The molecule has 0 N–H and O–H groups in total. The summed E-state index contributed by atoms with van der Waals surface area (Å²) in [6, 6.07) is 22.6. The fraction of sp³-hybridized carbons (Fsp3) is 0.368. The molecule has 1 unspecified atom stereocenters. The number of rotatable bonds is 2. The van der Waals surface area contributed by atoms with E-state index in [-0.39, 0.29) is 6.23 Å². The van der Waals surface area contributed by atoms with Gasteiger partial charge >= 0.3 is 0 Å². The Kier molecular flexibility index (Phi) is 3.50. The van der Waals surface area contributed by atoms with Crippen LogP contribution < -0.4 is 0 Å². The third kappa shape index (κ3) is 2.39. The highest BCUT2D eigenvalue weighted by Crippen LogP contribution is 2.44. The van der Waals surface area contributed by atoms with E-state index in [0.29, 0.717) is 12.1 Å². The van der Waals surface area contributed by atoms with Crippen molar-refractivity contribution in [3.63, 3.8) is 0 Å². The molecule has 4 rings (SSSR count). The van der Waals surface area contributed by atoms with E-state index in [4.69, 9.17) is 4.74 Å². The largest absolute Gasteiger partial charge is 0.361 e. The van der Waals surface area contributed by atoms with Gasteiger partial charge in [0, 0.05) is 6.04 Å². The van der Waals surface area contributed by atoms with E-state index >= 15 is 0 Å². The molecule has 21 heavy (non-hydrogen) atoms. The zero-order valence-corrected chi connectivity index (χ0v) is 12.2. The molecule has 2 saturated heterocycles. The van der Waals surface area contributed by atoms with Gasteiger partial charge in [0.2, 0.25) is 0 Å². The fourth-order valence-electron chi connectivity index (χ4n) is 3.82. The minimum atomic E-state index is 0.286. The van der Waals surface area contributed by atoms with Crippen molar-refractivity contribution in [2.75, 3.05) is 6.61 Å². The second-order valence-corrected chi connectivity index (χ2v) is 6.02. The molecule has 2 heterocycles. The van der Waals surface area contributed by atoms with Crippen LogP contribution in [0, 0.1) is 0 Å². The predicted molar refractivity (Wildman–Crippen MR) is 83.8 cm³/mol. The van der Waals surface area contributed by atoms with Crippen LogP contribution in [0.3, 0.4) is 0 Å². The molecule has 0 spiro atoms. The van der Waals surface area contributed by atoms with Crippen molar-refractivity contribution < 1.29 is 4.74 Å². The average Bonchev–Trinajstić information content (AvgIpc) is 3.00. The zero-order chi connectivity index (χ0) is 14.1. The molecule has 2 aromatic rings. The Morgan fingerprint density at radius 1 is 0.762 bits per heavy atom. The first kappa shape index (κ1) is 13.1. The van der Waals surface area contributed by atoms with Crippen molar-refractivity contribution in [1.29, 1.82) is 0 Å². The summed E-state index contributed by atoms with van der Waals surface area (Å²) < 4.78 is 6.10. The maximum absolute atomic E-state index is 6.10. The molecule has 0 amide bonds. The van der Waals surface area contributed by atoms with Crippen molar-refractivity contribution in [3.05, 3.63) is 71.8 Å². The summed E-state index contributed by atoms with van der Waals surface area (Å²) >= 11 is 0. The lowest BCUT2D eigenvalue weighted by atomic mass is 9.92. The van der Waals surface area contributed by atoms with Crippen LogP contribution in [-0.4, -0.2) is 17.7 Å². The molecule has 2 nitrogen and oxygen atoms in total. The van der Waals surface area contributed by atoms with E-state index in [1.807, 2.05) is 0 Å². The lowest BCUT2D eigenvalue weighted by Crippen LogP contribution is -2.39. The lowest BCUT2D eigenvalue weighted by molar-refractivity contribution is -0.0271. The predicted octanol–water partition coefficient (Wildman–Crippen LogP) is 4.31. The molecule has 2 aliphatic rings. The standard InChI is InChI=1S/C19H21NO/c1-3-8-15(9-4-1)17-12-7-13-19-20(17)18(14-21-19)16-10-5-2-6-11-16/h1-6,8-11,17-19H,7,12-14H2/t17-,18+,19?/m1/s1. The lowest BCUT2D eigenvalue weighted by Gasteiger charge is -2.40. The molecule has 2 heteroatoms. The Balaban J connectivity index is 1.69. The molecule has 0 aliphatic carbocycles. The van der Waals surface area contributed by atoms with Gasteiger partial charge in [-0.15, -0.1) is 0 Å². The minimum Gasteiger partial charge on any atom is -0.361 e. The normalized spacial score (nSPS) is 29.2. The molecule has 0 bridgehead atoms. The summed E-state index contributed by atoms with van der Waals surface area (Å²) in [5, 5.41) is 0. The monoisotopic (exact) mass is 279 g/mol. The van der Waals surface area contributed by atoms with Crippen LogP contribution in [0.25, 0.3) is 0 Å². The number of piperidine rings is 1. The summed E-state index contributed by atoms with van der Waals surface area (Å²) in [5.74, 6) is 0. The topological polar surface area (TPSA) is 12.5 Å². The summed E-state index contributed by atoms with van der Waals surface area (Å²) in [4.78, 5) is 2.61. The number of hydrogen-bond acceptors (Lipinski definition) is 2. The molecule has 2 aromatic carbocycles. The van der Waals surface area contributed by atoms with Gasteiger partial charge in [0.25, 0.3) is 0 Å². The summed E-state index contributed by atoms with van der Waals surface area (Å²) in [7, 11) is 0. The van der Waals surface area contributed by atoms with Crippen LogP contribution in [0.2, 0.25) is 0 Å². The number of nitrogens with zero attached hydrogens (tertiary/aromatic N) is 1. The molecule has 2 fully saturated rings. The average molecular weight is 279 g/mol. The second kappa shape index (κ2) is 5.63. The maximum atomic E-state index is 6.10. The SMILES string of the molecule is c1ccc([C@H]2CCCC3OC[C@@H](c4ccccc4)N32)cc1. The first-order valence-electron chi connectivity index (χ1n) is 7.92. The number of hydrogen-bond donors (Lipinski definition) is 0. The van der Waals surface area contributed by atoms with Crippen LogP contribution in [0.5, 0.6) is 0 Å². The molecule has 2 aliphatic heterocycles.